The van der Waals surface area contributed by atoms with Gasteiger partial charge in [-0.2, -0.15) is 0 Å². The maximum Gasteiger partial charge on any atom is 0.223 e. The van der Waals surface area contributed by atoms with Gasteiger partial charge < -0.3 is 14.5 Å². The van der Waals surface area contributed by atoms with Crippen LogP contribution in [0.5, 0.6) is 0 Å². The summed E-state index contributed by atoms with van der Waals surface area (Å²) in [6.45, 7) is 5.44. The molecule has 0 spiro atoms. The molecule has 0 bridgehead atoms. The first-order valence-electron chi connectivity index (χ1n) is 7.42. The van der Waals surface area contributed by atoms with Crippen molar-refractivity contribution in [3.8, 4) is 0 Å². The van der Waals surface area contributed by atoms with Gasteiger partial charge in [0.25, 0.3) is 0 Å². The Labute approximate surface area is 109 Å². The average Bonchev–Trinajstić information content (AvgIpc) is 3.25. The molecule has 3 aliphatic rings. The van der Waals surface area contributed by atoms with Gasteiger partial charge in [-0.15, -0.1) is 0 Å². The van der Waals surface area contributed by atoms with Crippen LogP contribution in [0.1, 0.15) is 32.1 Å². The van der Waals surface area contributed by atoms with E-state index in [1.165, 1.54) is 38.8 Å². The van der Waals surface area contributed by atoms with Gasteiger partial charge in [0.1, 0.15) is 0 Å². The molecule has 0 radical (unpaired) electrons. The molecule has 0 aromatic heterocycles. The predicted octanol–water partition coefficient (Wildman–Crippen LogP) is 1.11. The molecule has 0 atom stereocenters. The largest absolute Gasteiger partial charge is 0.378 e. The van der Waals surface area contributed by atoms with E-state index < -0.39 is 0 Å². The first kappa shape index (κ1) is 12.4. The zero-order valence-electron chi connectivity index (χ0n) is 11.1. The van der Waals surface area contributed by atoms with Gasteiger partial charge in [-0.25, -0.2) is 0 Å². The maximum absolute atomic E-state index is 12.2. The lowest BCUT2D eigenvalue weighted by molar-refractivity contribution is -0.136. The van der Waals surface area contributed by atoms with Gasteiger partial charge in [0, 0.05) is 25.6 Å². The fraction of sp³-hybridized carbons (Fsp3) is 0.929. The number of likely N-dealkylation sites (tertiary alicyclic amines) is 1. The lowest BCUT2D eigenvalue weighted by Gasteiger charge is -2.33. The van der Waals surface area contributed by atoms with Crippen LogP contribution in [-0.4, -0.2) is 61.1 Å². The SMILES string of the molecule is O=C(CC1CCN(C2CC2)CC1)N1CCOCC1. The molecule has 4 nitrogen and oxygen atoms in total. The summed E-state index contributed by atoms with van der Waals surface area (Å²) in [6, 6.07) is 0.890. The predicted molar refractivity (Wildman–Crippen MR) is 69.3 cm³/mol. The zero-order valence-corrected chi connectivity index (χ0v) is 11.1. The summed E-state index contributed by atoms with van der Waals surface area (Å²) in [5, 5.41) is 0. The van der Waals surface area contributed by atoms with Crippen LogP contribution in [0.2, 0.25) is 0 Å². The number of hydrogen-bond acceptors (Lipinski definition) is 3. The van der Waals surface area contributed by atoms with Crippen molar-refractivity contribution >= 4 is 5.91 Å². The van der Waals surface area contributed by atoms with Crippen LogP contribution in [-0.2, 0) is 9.53 Å². The number of amides is 1. The van der Waals surface area contributed by atoms with Crippen LogP contribution in [0.3, 0.4) is 0 Å². The number of hydrogen-bond donors (Lipinski definition) is 0. The molecule has 3 fully saturated rings. The molecular formula is C14H24N2O2. The molecule has 0 N–H and O–H groups in total. The first-order valence-corrected chi connectivity index (χ1v) is 7.42. The van der Waals surface area contributed by atoms with E-state index in [4.69, 9.17) is 4.74 Å². The third kappa shape index (κ3) is 3.04. The normalized spacial score (nSPS) is 27.4. The Morgan fingerprint density at radius 3 is 2.28 bits per heavy atom. The molecular weight excluding hydrogens is 228 g/mol. The Morgan fingerprint density at radius 2 is 1.67 bits per heavy atom. The van der Waals surface area contributed by atoms with E-state index in [2.05, 4.69) is 4.90 Å². The Morgan fingerprint density at radius 1 is 1.00 bits per heavy atom. The van der Waals surface area contributed by atoms with Crippen molar-refractivity contribution in [3.63, 3.8) is 0 Å². The highest BCUT2D eigenvalue weighted by Gasteiger charge is 2.32. The van der Waals surface area contributed by atoms with Crippen LogP contribution >= 0.6 is 0 Å². The van der Waals surface area contributed by atoms with Gasteiger partial charge >= 0.3 is 0 Å². The lowest BCUT2D eigenvalue weighted by atomic mass is 9.93. The number of rotatable bonds is 3. The summed E-state index contributed by atoms with van der Waals surface area (Å²) in [7, 11) is 0. The smallest absolute Gasteiger partial charge is 0.223 e. The van der Waals surface area contributed by atoms with Crippen molar-refractivity contribution in [1.29, 1.82) is 0 Å². The van der Waals surface area contributed by atoms with Crippen molar-refractivity contribution in [2.75, 3.05) is 39.4 Å². The van der Waals surface area contributed by atoms with E-state index in [0.717, 1.165) is 25.6 Å². The molecule has 102 valence electrons. The van der Waals surface area contributed by atoms with Crippen molar-refractivity contribution in [2.24, 2.45) is 5.92 Å². The number of nitrogens with zero attached hydrogens (tertiary/aromatic N) is 2. The summed E-state index contributed by atoms with van der Waals surface area (Å²) in [4.78, 5) is 16.8. The minimum absolute atomic E-state index is 0.350. The fourth-order valence-corrected chi connectivity index (χ4v) is 3.15. The maximum atomic E-state index is 12.2. The van der Waals surface area contributed by atoms with Gasteiger partial charge in [0.05, 0.1) is 13.2 Å². The Kier molecular flexibility index (Phi) is 3.85. The molecule has 18 heavy (non-hydrogen) atoms. The Balaban J connectivity index is 1.41. The highest BCUT2D eigenvalue weighted by atomic mass is 16.5. The summed E-state index contributed by atoms with van der Waals surface area (Å²) in [5.74, 6) is 0.971. The van der Waals surface area contributed by atoms with E-state index in [1.807, 2.05) is 4.90 Å². The third-order valence-electron chi connectivity index (χ3n) is 4.54. The van der Waals surface area contributed by atoms with Gasteiger partial charge in [-0.3, -0.25) is 4.79 Å². The zero-order chi connectivity index (χ0) is 12.4. The highest BCUT2D eigenvalue weighted by molar-refractivity contribution is 5.76. The lowest BCUT2D eigenvalue weighted by Crippen LogP contribution is -2.42. The van der Waals surface area contributed by atoms with Crippen molar-refractivity contribution in [1.82, 2.24) is 9.80 Å². The highest BCUT2D eigenvalue weighted by Crippen LogP contribution is 2.31. The van der Waals surface area contributed by atoms with Gasteiger partial charge in [0.15, 0.2) is 0 Å². The summed E-state index contributed by atoms with van der Waals surface area (Å²) in [5.41, 5.74) is 0. The molecule has 1 aliphatic carbocycles. The second kappa shape index (κ2) is 5.57. The third-order valence-corrected chi connectivity index (χ3v) is 4.54. The summed E-state index contributed by atoms with van der Waals surface area (Å²) >= 11 is 0. The van der Waals surface area contributed by atoms with Gasteiger partial charge in [-0.1, -0.05) is 0 Å². The molecule has 3 rings (SSSR count). The molecule has 1 amide bonds. The fourth-order valence-electron chi connectivity index (χ4n) is 3.15. The van der Waals surface area contributed by atoms with E-state index in [-0.39, 0.29) is 0 Å². The van der Waals surface area contributed by atoms with Crippen LogP contribution < -0.4 is 0 Å². The second-order valence-electron chi connectivity index (χ2n) is 5.91. The molecule has 0 aromatic rings. The van der Waals surface area contributed by atoms with E-state index in [9.17, 15) is 4.79 Å². The number of carbonyl (C=O) groups is 1. The topological polar surface area (TPSA) is 32.8 Å². The quantitative estimate of drug-likeness (QED) is 0.754. The number of piperidine rings is 1. The van der Waals surface area contributed by atoms with Gasteiger partial charge in [0.2, 0.25) is 5.91 Å². The number of ether oxygens (including phenoxy) is 1. The number of morpholine rings is 1. The average molecular weight is 252 g/mol. The Hall–Kier alpha value is -0.610. The van der Waals surface area contributed by atoms with Crippen LogP contribution in [0, 0.1) is 5.92 Å². The van der Waals surface area contributed by atoms with Crippen LogP contribution in [0.15, 0.2) is 0 Å². The summed E-state index contributed by atoms with van der Waals surface area (Å²) < 4.78 is 5.29. The molecule has 2 aliphatic heterocycles. The van der Waals surface area contributed by atoms with Gasteiger partial charge in [-0.05, 0) is 44.7 Å². The van der Waals surface area contributed by atoms with Crippen molar-refractivity contribution < 1.29 is 9.53 Å². The summed E-state index contributed by atoms with van der Waals surface area (Å²) in [6.07, 6.45) is 5.99. The Bertz CT molecular complexity index is 290. The number of carbonyl (C=O) groups excluding carboxylic acids is 1. The van der Waals surface area contributed by atoms with Crippen LogP contribution in [0.4, 0.5) is 0 Å². The molecule has 4 heteroatoms. The van der Waals surface area contributed by atoms with Crippen LogP contribution in [0.25, 0.3) is 0 Å². The minimum atomic E-state index is 0.350. The molecule has 2 heterocycles. The molecule has 2 saturated heterocycles. The standard InChI is InChI=1S/C14H24N2O2/c17-14(16-7-9-18-10-8-16)11-12-3-5-15(6-4-12)13-1-2-13/h12-13H,1-11H2. The monoisotopic (exact) mass is 252 g/mol. The van der Waals surface area contributed by atoms with E-state index >= 15 is 0 Å². The van der Waals surface area contributed by atoms with Crippen molar-refractivity contribution in [3.05, 3.63) is 0 Å². The van der Waals surface area contributed by atoms with E-state index in [1.54, 1.807) is 0 Å². The van der Waals surface area contributed by atoms with E-state index in [0.29, 0.717) is 25.0 Å². The molecule has 1 saturated carbocycles. The minimum Gasteiger partial charge on any atom is -0.378 e. The molecule has 0 unspecified atom stereocenters. The van der Waals surface area contributed by atoms with Crippen molar-refractivity contribution in [2.45, 2.75) is 38.1 Å². The second-order valence-corrected chi connectivity index (χ2v) is 5.91. The molecule has 0 aromatic carbocycles. The first-order chi connectivity index (χ1) is 8.83.